The summed E-state index contributed by atoms with van der Waals surface area (Å²) in [4.78, 5) is 11.7. The lowest BCUT2D eigenvalue weighted by molar-refractivity contribution is -0.122. The van der Waals surface area contributed by atoms with E-state index in [9.17, 15) is 14.3 Å². The predicted molar refractivity (Wildman–Crippen MR) is 71.0 cm³/mol. The minimum atomic E-state index is -0.713. The van der Waals surface area contributed by atoms with Crippen molar-refractivity contribution < 1.29 is 14.3 Å². The van der Waals surface area contributed by atoms with Crippen LogP contribution < -0.4 is 5.32 Å². The second-order valence-corrected chi connectivity index (χ2v) is 5.15. The van der Waals surface area contributed by atoms with Crippen molar-refractivity contribution in [2.45, 2.75) is 50.7 Å². The quantitative estimate of drug-likeness (QED) is 0.860. The summed E-state index contributed by atoms with van der Waals surface area (Å²) in [6.07, 6.45) is 4.44. The molecule has 0 radical (unpaired) electrons. The normalized spacial score (nSPS) is 17.4. The predicted octanol–water partition coefficient (Wildman–Crippen LogP) is 2.70. The van der Waals surface area contributed by atoms with Gasteiger partial charge in [-0.15, -0.1) is 0 Å². The Bertz CT molecular complexity index is 413. The van der Waals surface area contributed by atoms with Gasteiger partial charge in [0.15, 0.2) is 0 Å². The molecule has 3 nitrogen and oxygen atoms in total. The molecule has 0 bridgehead atoms. The zero-order valence-electron chi connectivity index (χ0n) is 10.9. The van der Waals surface area contributed by atoms with Gasteiger partial charge in [-0.3, -0.25) is 4.79 Å². The van der Waals surface area contributed by atoms with E-state index in [0.717, 1.165) is 12.8 Å². The van der Waals surface area contributed by atoms with E-state index in [1.54, 1.807) is 12.1 Å². The Labute approximate surface area is 112 Å². The lowest BCUT2D eigenvalue weighted by Crippen LogP contribution is -2.32. The molecular formula is C15H20FNO2. The molecule has 1 aromatic carbocycles. The maximum Gasteiger partial charge on any atom is 0.220 e. The van der Waals surface area contributed by atoms with Gasteiger partial charge in [0.2, 0.25) is 5.91 Å². The maximum atomic E-state index is 12.7. The van der Waals surface area contributed by atoms with Crippen molar-refractivity contribution in [1.82, 2.24) is 5.32 Å². The van der Waals surface area contributed by atoms with Crippen LogP contribution in [0.2, 0.25) is 0 Å². The van der Waals surface area contributed by atoms with Gasteiger partial charge < -0.3 is 10.4 Å². The van der Waals surface area contributed by atoms with E-state index in [-0.39, 0.29) is 11.7 Å². The highest BCUT2D eigenvalue weighted by molar-refractivity contribution is 5.76. The van der Waals surface area contributed by atoms with Gasteiger partial charge in [-0.1, -0.05) is 25.0 Å². The average molecular weight is 265 g/mol. The van der Waals surface area contributed by atoms with Crippen LogP contribution in [0.3, 0.4) is 0 Å². The van der Waals surface area contributed by atoms with Crippen molar-refractivity contribution in [3.05, 3.63) is 35.6 Å². The molecule has 2 N–H and O–H groups in total. The maximum absolute atomic E-state index is 12.7. The third-order valence-corrected chi connectivity index (χ3v) is 3.62. The van der Waals surface area contributed by atoms with E-state index in [1.165, 1.54) is 25.0 Å². The molecule has 0 heterocycles. The minimum absolute atomic E-state index is 0.00642. The van der Waals surface area contributed by atoms with Crippen LogP contribution in [0.4, 0.5) is 4.39 Å². The molecule has 1 amide bonds. The van der Waals surface area contributed by atoms with Gasteiger partial charge in [0.25, 0.3) is 0 Å². The number of aliphatic hydroxyl groups excluding tert-OH is 1. The van der Waals surface area contributed by atoms with E-state index < -0.39 is 6.10 Å². The number of benzene rings is 1. The van der Waals surface area contributed by atoms with E-state index in [0.29, 0.717) is 24.4 Å². The fourth-order valence-electron chi connectivity index (χ4n) is 2.49. The van der Waals surface area contributed by atoms with Gasteiger partial charge in [-0.2, -0.15) is 0 Å². The van der Waals surface area contributed by atoms with Gasteiger partial charge in [0.05, 0.1) is 6.10 Å². The molecule has 1 aromatic rings. The summed E-state index contributed by atoms with van der Waals surface area (Å²) in [5.74, 6) is -0.331. The molecule has 0 aromatic heterocycles. The Morgan fingerprint density at radius 2 is 1.95 bits per heavy atom. The van der Waals surface area contributed by atoms with E-state index >= 15 is 0 Å². The van der Waals surface area contributed by atoms with Gasteiger partial charge in [0, 0.05) is 12.5 Å². The number of halogens is 1. The third kappa shape index (κ3) is 4.31. The molecule has 2 rings (SSSR count). The topological polar surface area (TPSA) is 49.3 Å². The van der Waals surface area contributed by atoms with Crippen molar-refractivity contribution >= 4 is 5.91 Å². The fraction of sp³-hybridized carbons (Fsp3) is 0.533. The van der Waals surface area contributed by atoms with Crippen LogP contribution in [0, 0.1) is 5.82 Å². The monoisotopic (exact) mass is 265 g/mol. The Balaban J connectivity index is 1.74. The Morgan fingerprint density at radius 1 is 1.32 bits per heavy atom. The molecular weight excluding hydrogens is 245 g/mol. The molecule has 0 spiro atoms. The summed E-state index contributed by atoms with van der Waals surface area (Å²) in [5, 5.41) is 12.9. The Kier molecular flexibility index (Phi) is 4.91. The van der Waals surface area contributed by atoms with Crippen molar-refractivity contribution in [2.75, 3.05) is 0 Å². The highest BCUT2D eigenvalue weighted by Crippen LogP contribution is 2.20. The number of amides is 1. The third-order valence-electron chi connectivity index (χ3n) is 3.62. The molecule has 19 heavy (non-hydrogen) atoms. The molecule has 1 atom stereocenters. The number of hydrogen-bond acceptors (Lipinski definition) is 2. The van der Waals surface area contributed by atoms with E-state index in [2.05, 4.69) is 5.32 Å². The van der Waals surface area contributed by atoms with Crippen LogP contribution in [0.25, 0.3) is 0 Å². The van der Waals surface area contributed by atoms with Crippen LogP contribution in [0.1, 0.15) is 50.2 Å². The van der Waals surface area contributed by atoms with Crippen LogP contribution in [-0.2, 0) is 4.79 Å². The summed E-state index contributed by atoms with van der Waals surface area (Å²) < 4.78 is 12.7. The molecule has 4 heteroatoms. The molecule has 104 valence electrons. The average Bonchev–Trinajstić information content (AvgIpc) is 2.89. The Hall–Kier alpha value is -1.42. The zero-order chi connectivity index (χ0) is 13.7. The van der Waals surface area contributed by atoms with Crippen LogP contribution in [-0.4, -0.2) is 17.1 Å². The SMILES string of the molecule is O=C(CCC(O)c1ccc(F)cc1)NC1CCCC1. The van der Waals surface area contributed by atoms with Crippen molar-refractivity contribution in [3.8, 4) is 0 Å². The summed E-state index contributed by atoms with van der Waals surface area (Å²) in [6.45, 7) is 0. The van der Waals surface area contributed by atoms with Crippen LogP contribution in [0.15, 0.2) is 24.3 Å². The number of rotatable bonds is 5. The number of hydrogen-bond donors (Lipinski definition) is 2. The molecule has 1 aliphatic carbocycles. The number of nitrogens with one attached hydrogen (secondary N) is 1. The van der Waals surface area contributed by atoms with Crippen molar-refractivity contribution in [2.24, 2.45) is 0 Å². The van der Waals surface area contributed by atoms with E-state index in [1.807, 2.05) is 0 Å². The summed E-state index contributed by atoms with van der Waals surface area (Å²) in [7, 11) is 0. The Morgan fingerprint density at radius 3 is 2.58 bits per heavy atom. The molecule has 0 aliphatic heterocycles. The smallest absolute Gasteiger partial charge is 0.220 e. The highest BCUT2D eigenvalue weighted by atomic mass is 19.1. The molecule has 1 saturated carbocycles. The van der Waals surface area contributed by atoms with Crippen LogP contribution >= 0.6 is 0 Å². The van der Waals surface area contributed by atoms with Gasteiger partial charge in [0.1, 0.15) is 5.82 Å². The van der Waals surface area contributed by atoms with E-state index in [4.69, 9.17) is 0 Å². The number of carbonyl (C=O) groups is 1. The first kappa shape index (κ1) is 14.0. The molecule has 1 aliphatic rings. The van der Waals surface area contributed by atoms with Gasteiger partial charge in [-0.05, 0) is 37.0 Å². The first-order valence-electron chi connectivity index (χ1n) is 6.88. The van der Waals surface area contributed by atoms with Crippen LogP contribution in [0.5, 0.6) is 0 Å². The summed E-state index contributed by atoms with van der Waals surface area (Å²) in [5.41, 5.74) is 0.648. The summed E-state index contributed by atoms with van der Waals surface area (Å²) >= 11 is 0. The zero-order valence-corrected chi connectivity index (χ0v) is 10.9. The first-order chi connectivity index (χ1) is 9.15. The van der Waals surface area contributed by atoms with Gasteiger partial charge in [-0.25, -0.2) is 4.39 Å². The molecule has 1 fully saturated rings. The molecule has 1 unspecified atom stereocenters. The minimum Gasteiger partial charge on any atom is -0.388 e. The second kappa shape index (κ2) is 6.66. The summed E-state index contributed by atoms with van der Waals surface area (Å²) in [6, 6.07) is 6.05. The standard InChI is InChI=1S/C15H20FNO2/c16-12-7-5-11(6-8-12)14(18)9-10-15(19)17-13-3-1-2-4-13/h5-8,13-14,18H,1-4,9-10H2,(H,17,19). The lowest BCUT2D eigenvalue weighted by atomic mass is 10.0. The van der Waals surface area contributed by atoms with Crippen molar-refractivity contribution in [1.29, 1.82) is 0 Å². The second-order valence-electron chi connectivity index (χ2n) is 5.15. The first-order valence-corrected chi connectivity index (χ1v) is 6.88. The largest absolute Gasteiger partial charge is 0.388 e. The number of aliphatic hydroxyl groups is 1. The number of carbonyl (C=O) groups excluding carboxylic acids is 1. The fourth-order valence-corrected chi connectivity index (χ4v) is 2.49. The lowest BCUT2D eigenvalue weighted by Gasteiger charge is -2.14. The van der Waals surface area contributed by atoms with Crippen molar-refractivity contribution in [3.63, 3.8) is 0 Å². The highest BCUT2D eigenvalue weighted by Gasteiger charge is 2.17. The molecule has 0 saturated heterocycles. The van der Waals surface area contributed by atoms with Gasteiger partial charge >= 0.3 is 0 Å².